The van der Waals surface area contributed by atoms with Crippen LogP contribution in [-0.2, 0) is 35.6 Å². The Kier molecular flexibility index (Phi) is 16.9. The standard InChI is InChI=1S/C48H47ClF7N7O6S/c1-28-36(10-7-31(24-57)41(28)49)39-40-43(59-27-60-44(40)70-42(39)30-5-8-33(50)9-6-30)69-38(45(65)66)23-32-21-29(22-35(64)3-2-15-62-16-18-63(19-17-62)26-48(54,55)56)4-11-37(32)68-25-34-12-14-58-46(61-34)67-20-13-47(51,52)53/h4-12,14,21,27,38H,2-3,13,15-20,22-26,57H2,1H3,(H,65,66)/t38-/m1/s1. The molecule has 0 spiro atoms. The third kappa shape index (κ3) is 13.9. The van der Waals surface area contributed by atoms with Gasteiger partial charge < -0.3 is 30.0 Å². The summed E-state index contributed by atoms with van der Waals surface area (Å²) >= 11 is 8.06. The predicted octanol–water partition coefficient (Wildman–Crippen LogP) is 9.43. The van der Waals surface area contributed by atoms with Gasteiger partial charge in [-0.1, -0.05) is 48.0 Å². The minimum absolute atomic E-state index is 0.0302. The number of nitrogens with two attached hydrogens (primary N) is 1. The smallest absolute Gasteiger partial charge is 0.401 e. The number of ether oxygens (including phenoxy) is 3. The molecule has 1 fully saturated rings. The van der Waals surface area contributed by atoms with Crippen molar-refractivity contribution >= 4 is 44.9 Å². The SMILES string of the molecule is Cc1c(-c2c(-c3ccc(F)cc3)sc3ncnc(O[C@H](Cc4cc(CC(=O)CCCN5CCN(CC(F)(F)F)CC5)ccc4OCc4ccnc(OCCC(F)(F)F)n4)C(=O)O)c23)ccc(CN)c1Cl. The maximum absolute atomic E-state index is 14.2. The van der Waals surface area contributed by atoms with E-state index in [0.717, 1.165) is 0 Å². The summed E-state index contributed by atoms with van der Waals surface area (Å²) in [5.41, 5.74) is 10.2. The van der Waals surface area contributed by atoms with Crippen LogP contribution in [0.15, 0.2) is 73.2 Å². The molecular formula is C48H47ClF7N7O6S. The summed E-state index contributed by atoms with van der Waals surface area (Å²) in [6, 6.07) is 15.5. The second-order valence-electron chi connectivity index (χ2n) is 16.6. The van der Waals surface area contributed by atoms with E-state index in [0.29, 0.717) is 85.1 Å². The zero-order valence-corrected chi connectivity index (χ0v) is 39.2. The number of ketones is 1. The van der Waals surface area contributed by atoms with Gasteiger partial charge in [-0.15, -0.1) is 11.3 Å². The molecule has 0 saturated carbocycles. The summed E-state index contributed by atoms with van der Waals surface area (Å²) in [7, 11) is 0. The molecule has 3 aromatic heterocycles. The van der Waals surface area contributed by atoms with Gasteiger partial charge >= 0.3 is 24.3 Å². The van der Waals surface area contributed by atoms with E-state index >= 15 is 0 Å². The number of hydrogen-bond donors (Lipinski definition) is 2. The molecule has 0 unspecified atom stereocenters. The van der Waals surface area contributed by atoms with Gasteiger partial charge in [0.1, 0.15) is 41.7 Å². The molecule has 0 amide bonds. The minimum Gasteiger partial charge on any atom is -0.487 e. The van der Waals surface area contributed by atoms with Crippen LogP contribution >= 0.6 is 22.9 Å². The van der Waals surface area contributed by atoms with E-state index in [1.165, 1.54) is 47.0 Å². The molecule has 13 nitrogen and oxygen atoms in total. The maximum atomic E-state index is 14.2. The number of piperazine rings is 1. The van der Waals surface area contributed by atoms with Gasteiger partial charge in [0.25, 0.3) is 0 Å². The number of Topliss-reactive ketones (excluding diaryl/α,β-unsaturated/α-hetero) is 1. The van der Waals surface area contributed by atoms with Crippen LogP contribution < -0.4 is 19.9 Å². The Labute approximate surface area is 406 Å². The van der Waals surface area contributed by atoms with Crippen LogP contribution in [0.4, 0.5) is 30.7 Å². The number of carboxylic acid groups (broad SMARTS) is 1. The topological polar surface area (TPSA) is 166 Å². The molecule has 1 saturated heterocycles. The van der Waals surface area contributed by atoms with Gasteiger partial charge in [-0.25, -0.2) is 24.1 Å². The molecule has 3 aromatic carbocycles. The Morgan fingerprint density at radius 2 is 1.66 bits per heavy atom. The molecule has 70 heavy (non-hydrogen) atoms. The number of rotatable bonds is 21. The zero-order valence-electron chi connectivity index (χ0n) is 37.6. The van der Waals surface area contributed by atoms with Gasteiger partial charge in [0, 0.05) is 73.6 Å². The van der Waals surface area contributed by atoms with E-state index in [1.54, 1.807) is 36.4 Å². The molecule has 4 heterocycles. The van der Waals surface area contributed by atoms with Crippen molar-refractivity contribution in [2.24, 2.45) is 5.73 Å². The first-order valence-corrected chi connectivity index (χ1v) is 23.2. The van der Waals surface area contributed by atoms with Gasteiger partial charge in [0.05, 0.1) is 24.0 Å². The number of fused-ring (bicyclic) bond motifs is 1. The van der Waals surface area contributed by atoms with Crippen LogP contribution in [0, 0.1) is 12.7 Å². The van der Waals surface area contributed by atoms with Crippen molar-refractivity contribution in [2.75, 3.05) is 45.9 Å². The second-order valence-corrected chi connectivity index (χ2v) is 17.9. The molecule has 0 radical (unpaired) electrons. The normalized spacial score (nSPS) is 14.2. The predicted molar refractivity (Wildman–Crippen MR) is 247 cm³/mol. The van der Waals surface area contributed by atoms with Crippen molar-refractivity contribution in [1.82, 2.24) is 29.7 Å². The average Bonchev–Trinajstić information content (AvgIpc) is 3.69. The van der Waals surface area contributed by atoms with Crippen molar-refractivity contribution in [3.8, 4) is 39.2 Å². The maximum Gasteiger partial charge on any atom is 0.401 e. The van der Waals surface area contributed by atoms with Crippen LogP contribution in [0.3, 0.4) is 0 Å². The molecule has 0 bridgehead atoms. The lowest BCUT2D eigenvalue weighted by Gasteiger charge is -2.34. The van der Waals surface area contributed by atoms with Crippen molar-refractivity contribution < 1.29 is 59.6 Å². The molecule has 6 aromatic rings. The number of thiophene rings is 1. The highest BCUT2D eigenvalue weighted by molar-refractivity contribution is 7.22. The number of carbonyl (C=O) groups is 2. The third-order valence-electron chi connectivity index (χ3n) is 11.5. The summed E-state index contributed by atoms with van der Waals surface area (Å²) in [5.74, 6) is -1.85. The lowest BCUT2D eigenvalue weighted by atomic mass is 9.94. The molecule has 22 heteroatoms. The third-order valence-corrected chi connectivity index (χ3v) is 13.1. The molecule has 3 N–H and O–H groups in total. The number of hydrogen-bond acceptors (Lipinski definition) is 13. The summed E-state index contributed by atoms with van der Waals surface area (Å²) in [4.78, 5) is 48.0. The Morgan fingerprint density at radius 1 is 0.914 bits per heavy atom. The monoisotopic (exact) mass is 1020 g/mol. The van der Waals surface area contributed by atoms with Gasteiger partial charge in [0.2, 0.25) is 12.0 Å². The molecule has 1 aliphatic heterocycles. The number of halogens is 8. The first-order valence-electron chi connectivity index (χ1n) is 22.0. The number of carbonyl (C=O) groups excluding carboxylic acids is 1. The number of aromatic nitrogens is 4. The van der Waals surface area contributed by atoms with Gasteiger partial charge in [-0.2, -0.15) is 31.3 Å². The Hall–Kier alpha value is -6.00. The molecule has 1 atom stereocenters. The summed E-state index contributed by atoms with van der Waals surface area (Å²) in [6.45, 7) is 2.03. The van der Waals surface area contributed by atoms with Gasteiger partial charge in [-0.3, -0.25) is 9.69 Å². The second kappa shape index (κ2) is 22.8. The number of nitrogens with zero attached hydrogens (tertiary/aromatic N) is 6. The van der Waals surface area contributed by atoms with Crippen LogP contribution in [0.2, 0.25) is 5.02 Å². The van der Waals surface area contributed by atoms with Crippen LogP contribution in [0.5, 0.6) is 17.6 Å². The first kappa shape index (κ1) is 51.8. The van der Waals surface area contributed by atoms with Crippen LogP contribution in [0.1, 0.15) is 47.2 Å². The summed E-state index contributed by atoms with van der Waals surface area (Å²) in [5, 5.41) is 11.5. The lowest BCUT2D eigenvalue weighted by Crippen LogP contribution is -2.49. The van der Waals surface area contributed by atoms with Crippen molar-refractivity contribution in [2.45, 2.75) is 70.6 Å². The highest BCUT2D eigenvalue weighted by Gasteiger charge is 2.33. The molecule has 7 rings (SSSR count). The number of aliphatic carboxylic acids is 1. The fourth-order valence-corrected chi connectivity index (χ4v) is 9.36. The largest absolute Gasteiger partial charge is 0.487 e. The van der Waals surface area contributed by atoms with Crippen LogP contribution in [-0.4, -0.2) is 111 Å². The van der Waals surface area contributed by atoms with E-state index in [2.05, 4.69) is 19.9 Å². The number of alkyl halides is 6. The number of carboxylic acids is 1. The van der Waals surface area contributed by atoms with Crippen molar-refractivity contribution in [3.63, 3.8) is 0 Å². The lowest BCUT2D eigenvalue weighted by molar-refractivity contribution is -0.149. The van der Waals surface area contributed by atoms with Gasteiger partial charge in [0.15, 0.2) is 0 Å². The molecular weight excluding hydrogens is 971 g/mol. The Balaban J connectivity index is 1.16. The average molecular weight is 1020 g/mol. The molecule has 372 valence electrons. The Bertz CT molecular complexity index is 2790. The fraction of sp³-hybridized carbons (Fsp3) is 0.375. The van der Waals surface area contributed by atoms with Crippen molar-refractivity contribution in [1.29, 1.82) is 0 Å². The van der Waals surface area contributed by atoms with E-state index in [9.17, 15) is 45.4 Å². The van der Waals surface area contributed by atoms with Crippen molar-refractivity contribution in [3.05, 3.63) is 112 Å². The highest BCUT2D eigenvalue weighted by Crippen LogP contribution is 2.49. The van der Waals surface area contributed by atoms with E-state index in [4.69, 9.17) is 31.5 Å². The highest BCUT2D eigenvalue weighted by atomic mass is 35.5. The summed E-state index contributed by atoms with van der Waals surface area (Å²) in [6.07, 6.45) is -8.73. The number of benzene rings is 3. The van der Waals surface area contributed by atoms with E-state index in [-0.39, 0.29) is 74.6 Å². The minimum atomic E-state index is -4.45. The summed E-state index contributed by atoms with van der Waals surface area (Å²) < 4.78 is 109. The fourth-order valence-electron chi connectivity index (χ4n) is 7.96. The van der Waals surface area contributed by atoms with E-state index in [1.807, 2.05) is 17.9 Å². The Morgan fingerprint density at radius 3 is 2.36 bits per heavy atom. The molecule has 1 aliphatic rings. The first-order chi connectivity index (χ1) is 33.3. The molecule has 0 aliphatic carbocycles. The van der Waals surface area contributed by atoms with Crippen LogP contribution in [0.25, 0.3) is 31.8 Å². The quantitative estimate of drug-likeness (QED) is 0.0656. The van der Waals surface area contributed by atoms with E-state index < -0.39 is 49.8 Å². The zero-order chi connectivity index (χ0) is 50.2. The van der Waals surface area contributed by atoms with Gasteiger partial charge in [-0.05, 0) is 77.5 Å².